The molecule has 0 unspecified atom stereocenters. The van der Waals surface area contributed by atoms with Gasteiger partial charge in [0.05, 0.1) is 6.73 Å². The number of hydrogen-bond acceptors (Lipinski definition) is 4. The molecule has 4 nitrogen and oxygen atoms in total. The van der Waals surface area contributed by atoms with Gasteiger partial charge in [-0.1, -0.05) is 66.7 Å². The molecular formula is C19H22N2O2. The first-order valence-corrected chi connectivity index (χ1v) is 7.53. The molecule has 0 atom stereocenters. The fourth-order valence-electron chi connectivity index (χ4n) is 2.26. The highest BCUT2D eigenvalue weighted by Crippen LogP contribution is 2.22. The van der Waals surface area contributed by atoms with E-state index in [-0.39, 0.29) is 13.5 Å². The summed E-state index contributed by atoms with van der Waals surface area (Å²) in [6.45, 7) is 0.736. The molecule has 3 rings (SSSR count). The minimum atomic E-state index is -0.0337. The molecule has 0 saturated heterocycles. The van der Waals surface area contributed by atoms with Crippen LogP contribution in [0.1, 0.15) is 5.56 Å². The Morgan fingerprint density at radius 1 is 0.696 bits per heavy atom. The first-order valence-electron chi connectivity index (χ1n) is 7.53. The molecule has 3 aromatic rings. The highest BCUT2D eigenvalue weighted by molar-refractivity contribution is 5.93. The van der Waals surface area contributed by atoms with E-state index in [9.17, 15) is 0 Å². The summed E-state index contributed by atoms with van der Waals surface area (Å²) < 4.78 is 0. The number of aliphatic hydroxyl groups is 2. The highest BCUT2D eigenvalue weighted by Gasteiger charge is 1.96. The molecule has 120 valence electrons. The fraction of sp³-hybridized carbons (Fsp3) is 0.158. The lowest BCUT2D eigenvalue weighted by Crippen LogP contribution is -2.13. The van der Waals surface area contributed by atoms with Crippen molar-refractivity contribution in [2.24, 2.45) is 0 Å². The van der Waals surface area contributed by atoms with Crippen LogP contribution >= 0.6 is 0 Å². The van der Waals surface area contributed by atoms with Gasteiger partial charge in [-0.25, -0.2) is 0 Å². The van der Waals surface area contributed by atoms with E-state index < -0.39 is 0 Å². The Hall–Kier alpha value is -2.40. The number of hydrogen-bond donors (Lipinski definition) is 4. The molecule has 4 N–H and O–H groups in total. The molecule has 0 aromatic heterocycles. The highest BCUT2D eigenvalue weighted by atomic mass is 16.3. The number of nitrogens with one attached hydrogen (secondary N) is 2. The van der Waals surface area contributed by atoms with E-state index >= 15 is 0 Å². The number of anilines is 1. The van der Waals surface area contributed by atoms with Crippen molar-refractivity contribution >= 4 is 16.5 Å². The number of benzene rings is 3. The number of fused-ring (bicyclic) bond motifs is 1. The van der Waals surface area contributed by atoms with Crippen molar-refractivity contribution in [3.63, 3.8) is 0 Å². The van der Waals surface area contributed by atoms with Crippen LogP contribution in [0.5, 0.6) is 0 Å². The Morgan fingerprint density at radius 3 is 2.13 bits per heavy atom. The van der Waals surface area contributed by atoms with Gasteiger partial charge in [0.25, 0.3) is 0 Å². The van der Waals surface area contributed by atoms with Crippen LogP contribution in [0.15, 0.2) is 72.8 Å². The molecule has 0 bridgehead atoms. The number of aliphatic hydroxyl groups excluding tert-OH is 2. The van der Waals surface area contributed by atoms with Crippen LogP contribution in [-0.4, -0.2) is 23.7 Å². The third kappa shape index (κ3) is 5.38. The van der Waals surface area contributed by atoms with Gasteiger partial charge in [0.1, 0.15) is 6.73 Å². The molecule has 0 aliphatic heterocycles. The van der Waals surface area contributed by atoms with E-state index in [1.807, 2.05) is 60.7 Å². The minimum Gasteiger partial charge on any atom is -0.381 e. The van der Waals surface area contributed by atoms with E-state index in [4.69, 9.17) is 10.2 Å². The Labute approximate surface area is 136 Å². The van der Waals surface area contributed by atoms with Crippen LogP contribution in [0.25, 0.3) is 10.8 Å². The van der Waals surface area contributed by atoms with Crippen molar-refractivity contribution in [2.75, 3.05) is 18.8 Å². The van der Waals surface area contributed by atoms with Gasteiger partial charge in [-0.05, 0) is 17.0 Å². The molecule has 0 saturated carbocycles. The van der Waals surface area contributed by atoms with Gasteiger partial charge in [-0.3, -0.25) is 5.32 Å². The van der Waals surface area contributed by atoms with E-state index in [2.05, 4.69) is 22.8 Å². The zero-order chi connectivity index (χ0) is 16.3. The Bertz CT molecular complexity index is 697. The quantitative estimate of drug-likeness (QED) is 0.547. The minimum absolute atomic E-state index is 0.0337. The van der Waals surface area contributed by atoms with Crippen LogP contribution in [-0.2, 0) is 6.54 Å². The molecular weight excluding hydrogens is 288 g/mol. The van der Waals surface area contributed by atoms with E-state index in [0.717, 1.165) is 17.6 Å². The van der Waals surface area contributed by atoms with Crippen molar-refractivity contribution in [1.29, 1.82) is 0 Å². The SMILES string of the molecule is OCNCc1ccccc1.OCNc1cccc2ccccc12. The van der Waals surface area contributed by atoms with Crippen LogP contribution < -0.4 is 10.6 Å². The van der Waals surface area contributed by atoms with Crippen LogP contribution in [0.3, 0.4) is 0 Å². The van der Waals surface area contributed by atoms with Gasteiger partial charge >= 0.3 is 0 Å². The first kappa shape index (κ1) is 17.0. The lowest BCUT2D eigenvalue weighted by molar-refractivity contribution is 0.259. The van der Waals surface area contributed by atoms with Crippen molar-refractivity contribution in [2.45, 2.75) is 6.54 Å². The molecule has 0 aliphatic rings. The maximum atomic E-state index is 8.77. The largest absolute Gasteiger partial charge is 0.381 e. The Kier molecular flexibility index (Phi) is 7.07. The van der Waals surface area contributed by atoms with Gasteiger partial charge in [0, 0.05) is 17.6 Å². The summed E-state index contributed by atoms with van der Waals surface area (Å²) in [5.41, 5.74) is 2.16. The maximum absolute atomic E-state index is 8.77. The van der Waals surface area contributed by atoms with E-state index in [0.29, 0.717) is 0 Å². The second-order valence-electron chi connectivity index (χ2n) is 4.93. The smallest absolute Gasteiger partial charge is 0.113 e. The molecule has 0 heterocycles. The summed E-state index contributed by atoms with van der Waals surface area (Å²) in [5, 5.41) is 25.2. The molecule has 3 aromatic carbocycles. The molecule has 0 aliphatic carbocycles. The van der Waals surface area contributed by atoms with Gasteiger partial charge in [-0.15, -0.1) is 0 Å². The zero-order valence-electron chi connectivity index (χ0n) is 12.9. The monoisotopic (exact) mass is 310 g/mol. The maximum Gasteiger partial charge on any atom is 0.113 e. The summed E-state index contributed by atoms with van der Waals surface area (Å²) in [6, 6.07) is 24.0. The van der Waals surface area contributed by atoms with Gasteiger partial charge < -0.3 is 15.5 Å². The summed E-state index contributed by atoms with van der Waals surface area (Å²) in [6.07, 6.45) is 0. The lowest BCUT2D eigenvalue weighted by Gasteiger charge is -2.06. The van der Waals surface area contributed by atoms with E-state index in [1.54, 1.807) is 0 Å². The van der Waals surface area contributed by atoms with Gasteiger partial charge in [0.2, 0.25) is 0 Å². The summed E-state index contributed by atoms with van der Waals surface area (Å²) in [4.78, 5) is 0. The standard InChI is InChI=1S/C11H11NO.C8H11NO/c13-8-12-11-7-3-5-9-4-1-2-6-10(9)11;10-7-9-6-8-4-2-1-3-5-8/h1-7,12-13H,8H2;1-5,9-10H,6-7H2. The van der Waals surface area contributed by atoms with E-state index in [1.165, 1.54) is 10.9 Å². The molecule has 4 heteroatoms. The van der Waals surface area contributed by atoms with Gasteiger partial charge in [0.15, 0.2) is 0 Å². The average Bonchev–Trinajstić information content (AvgIpc) is 2.62. The molecule has 23 heavy (non-hydrogen) atoms. The first-order chi connectivity index (χ1) is 11.3. The third-order valence-electron chi connectivity index (χ3n) is 3.34. The lowest BCUT2D eigenvalue weighted by atomic mass is 10.1. The fourth-order valence-corrected chi connectivity index (χ4v) is 2.26. The zero-order valence-corrected chi connectivity index (χ0v) is 12.9. The second kappa shape index (κ2) is 9.58. The summed E-state index contributed by atoms with van der Waals surface area (Å²) in [5.74, 6) is 0. The molecule has 0 spiro atoms. The van der Waals surface area contributed by atoms with Crippen molar-refractivity contribution < 1.29 is 10.2 Å². The predicted octanol–water partition coefficient (Wildman–Crippen LogP) is 2.93. The summed E-state index contributed by atoms with van der Waals surface area (Å²) >= 11 is 0. The second-order valence-corrected chi connectivity index (χ2v) is 4.93. The normalized spacial score (nSPS) is 10.0. The van der Waals surface area contributed by atoms with Crippen molar-refractivity contribution in [3.8, 4) is 0 Å². The third-order valence-corrected chi connectivity index (χ3v) is 3.34. The number of rotatable bonds is 5. The van der Waals surface area contributed by atoms with Crippen LogP contribution in [0, 0.1) is 0 Å². The predicted molar refractivity (Wildman–Crippen MR) is 95.0 cm³/mol. The van der Waals surface area contributed by atoms with Crippen molar-refractivity contribution in [3.05, 3.63) is 78.4 Å². The molecule has 0 amide bonds. The van der Waals surface area contributed by atoms with Crippen LogP contribution in [0.4, 0.5) is 5.69 Å². The molecule has 0 radical (unpaired) electrons. The van der Waals surface area contributed by atoms with Crippen molar-refractivity contribution in [1.82, 2.24) is 5.32 Å². The van der Waals surface area contributed by atoms with Crippen LogP contribution in [0.2, 0.25) is 0 Å². The topological polar surface area (TPSA) is 64.5 Å². The summed E-state index contributed by atoms with van der Waals surface area (Å²) in [7, 11) is 0. The Morgan fingerprint density at radius 2 is 1.39 bits per heavy atom. The molecule has 0 fully saturated rings. The Balaban J connectivity index is 0.000000174. The average molecular weight is 310 g/mol. The van der Waals surface area contributed by atoms with Gasteiger partial charge in [-0.2, -0.15) is 0 Å².